The molecule has 98 valence electrons. The summed E-state index contributed by atoms with van der Waals surface area (Å²) in [5.41, 5.74) is 9.03. The third kappa shape index (κ3) is 3.03. The summed E-state index contributed by atoms with van der Waals surface area (Å²) in [6, 6.07) is 6.98. The van der Waals surface area contributed by atoms with Crippen molar-refractivity contribution in [2.75, 3.05) is 11.1 Å². The molecule has 1 aromatic heterocycles. The highest BCUT2D eigenvalue weighted by Gasteiger charge is 2.12. The number of nitrogens with one attached hydrogen (secondary N) is 1. The Kier molecular flexibility index (Phi) is 3.71. The number of nitrogens with two attached hydrogens (primary N) is 1. The van der Waals surface area contributed by atoms with Crippen molar-refractivity contribution in [3.05, 3.63) is 52.3 Å². The minimum absolute atomic E-state index is 0.251. The first-order chi connectivity index (χ1) is 8.97. The fourth-order valence-corrected chi connectivity index (χ4v) is 1.86. The van der Waals surface area contributed by atoms with Crippen LogP contribution in [0, 0.1) is 13.8 Å². The van der Waals surface area contributed by atoms with Crippen LogP contribution in [0.2, 0.25) is 5.15 Å². The number of rotatable bonds is 2. The van der Waals surface area contributed by atoms with E-state index in [0.717, 1.165) is 11.1 Å². The second-order valence-corrected chi connectivity index (χ2v) is 4.74. The normalized spacial score (nSPS) is 10.3. The molecule has 2 rings (SSSR count). The Morgan fingerprint density at radius 3 is 2.79 bits per heavy atom. The number of benzene rings is 1. The lowest BCUT2D eigenvalue weighted by Gasteiger charge is -2.10. The van der Waals surface area contributed by atoms with E-state index in [0.29, 0.717) is 16.9 Å². The van der Waals surface area contributed by atoms with Gasteiger partial charge in [0.1, 0.15) is 0 Å². The first-order valence-electron chi connectivity index (χ1n) is 5.77. The Morgan fingerprint density at radius 1 is 1.32 bits per heavy atom. The third-order valence-electron chi connectivity index (χ3n) is 2.73. The topological polar surface area (TPSA) is 68.0 Å². The molecular weight excluding hydrogens is 262 g/mol. The minimum Gasteiger partial charge on any atom is -0.399 e. The van der Waals surface area contributed by atoms with Crippen molar-refractivity contribution in [1.29, 1.82) is 0 Å². The second-order valence-electron chi connectivity index (χ2n) is 4.38. The van der Waals surface area contributed by atoms with Gasteiger partial charge in [0.2, 0.25) is 0 Å². The molecule has 1 aromatic carbocycles. The fraction of sp³-hybridized carbons (Fsp3) is 0.143. The number of carbonyl (C=O) groups is 1. The SMILES string of the molecule is Cc1cnc(Cl)c(NC(=O)c2cc(N)ccc2C)c1. The number of anilines is 2. The molecule has 0 fully saturated rings. The first-order valence-corrected chi connectivity index (χ1v) is 6.15. The summed E-state index contributed by atoms with van der Waals surface area (Å²) in [4.78, 5) is 16.2. The van der Waals surface area contributed by atoms with Crippen molar-refractivity contribution >= 4 is 28.9 Å². The van der Waals surface area contributed by atoms with Crippen molar-refractivity contribution < 1.29 is 4.79 Å². The second kappa shape index (κ2) is 5.28. The lowest BCUT2D eigenvalue weighted by molar-refractivity contribution is 0.102. The fourth-order valence-electron chi connectivity index (χ4n) is 1.71. The van der Waals surface area contributed by atoms with Gasteiger partial charge in [-0.2, -0.15) is 0 Å². The molecule has 0 aliphatic heterocycles. The number of aryl methyl sites for hydroxylation is 2. The average Bonchev–Trinajstić information content (AvgIpc) is 2.36. The smallest absolute Gasteiger partial charge is 0.256 e. The Bertz CT molecular complexity index is 641. The maximum Gasteiger partial charge on any atom is 0.256 e. The van der Waals surface area contributed by atoms with Crippen molar-refractivity contribution in [3.63, 3.8) is 0 Å². The summed E-state index contributed by atoms with van der Waals surface area (Å²) in [6.45, 7) is 3.73. The molecule has 0 saturated heterocycles. The maximum atomic E-state index is 12.2. The first kappa shape index (κ1) is 13.4. The Labute approximate surface area is 116 Å². The van der Waals surface area contributed by atoms with Crippen LogP contribution in [0.15, 0.2) is 30.5 Å². The van der Waals surface area contributed by atoms with E-state index in [2.05, 4.69) is 10.3 Å². The lowest BCUT2D eigenvalue weighted by atomic mass is 10.1. The van der Waals surface area contributed by atoms with E-state index >= 15 is 0 Å². The quantitative estimate of drug-likeness (QED) is 0.653. The van der Waals surface area contributed by atoms with Crippen molar-refractivity contribution in [3.8, 4) is 0 Å². The van der Waals surface area contributed by atoms with E-state index < -0.39 is 0 Å². The molecule has 0 unspecified atom stereocenters. The van der Waals surface area contributed by atoms with E-state index in [1.807, 2.05) is 13.8 Å². The van der Waals surface area contributed by atoms with Crippen LogP contribution in [-0.4, -0.2) is 10.9 Å². The van der Waals surface area contributed by atoms with E-state index in [1.54, 1.807) is 30.5 Å². The van der Waals surface area contributed by atoms with Gasteiger partial charge in [-0.25, -0.2) is 4.98 Å². The maximum absolute atomic E-state index is 12.2. The predicted octanol–water partition coefficient (Wildman–Crippen LogP) is 3.19. The number of aromatic nitrogens is 1. The van der Waals surface area contributed by atoms with Crippen LogP contribution >= 0.6 is 11.6 Å². The molecule has 2 aromatic rings. The zero-order chi connectivity index (χ0) is 14.0. The lowest BCUT2D eigenvalue weighted by Crippen LogP contribution is -2.14. The Balaban J connectivity index is 2.30. The average molecular weight is 276 g/mol. The molecule has 5 heteroatoms. The molecule has 0 aliphatic carbocycles. The molecule has 0 bridgehead atoms. The highest BCUT2D eigenvalue weighted by atomic mass is 35.5. The number of nitrogens with zero attached hydrogens (tertiary/aromatic N) is 1. The molecule has 1 amide bonds. The molecule has 3 N–H and O–H groups in total. The van der Waals surface area contributed by atoms with Crippen LogP contribution in [-0.2, 0) is 0 Å². The van der Waals surface area contributed by atoms with Gasteiger partial charge >= 0.3 is 0 Å². The highest BCUT2D eigenvalue weighted by Crippen LogP contribution is 2.21. The Hall–Kier alpha value is -2.07. The molecule has 0 spiro atoms. The summed E-state index contributed by atoms with van der Waals surface area (Å²) >= 11 is 5.95. The van der Waals surface area contributed by atoms with E-state index in [-0.39, 0.29) is 11.1 Å². The van der Waals surface area contributed by atoms with Gasteiger partial charge in [-0.15, -0.1) is 0 Å². The summed E-state index contributed by atoms with van der Waals surface area (Å²) < 4.78 is 0. The van der Waals surface area contributed by atoms with E-state index in [4.69, 9.17) is 17.3 Å². The Morgan fingerprint density at radius 2 is 2.05 bits per heavy atom. The summed E-state index contributed by atoms with van der Waals surface area (Å²) in [6.07, 6.45) is 1.64. The van der Waals surface area contributed by atoms with Gasteiger partial charge in [0.15, 0.2) is 5.15 Å². The van der Waals surface area contributed by atoms with E-state index in [9.17, 15) is 4.79 Å². The summed E-state index contributed by atoms with van der Waals surface area (Å²) in [5, 5.41) is 3.01. The van der Waals surface area contributed by atoms with Gasteiger partial charge < -0.3 is 11.1 Å². The standard InChI is InChI=1S/C14H14ClN3O/c1-8-5-12(13(15)17-7-8)18-14(19)11-6-10(16)4-3-9(11)2/h3-7H,16H2,1-2H3,(H,18,19). The van der Waals surface area contributed by atoms with Gasteiger partial charge in [0.05, 0.1) is 5.69 Å². The minimum atomic E-state index is -0.251. The summed E-state index contributed by atoms with van der Waals surface area (Å²) in [5.74, 6) is -0.251. The predicted molar refractivity (Wildman–Crippen MR) is 77.5 cm³/mol. The molecule has 1 heterocycles. The van der Waals surface area contributed by atoms with Gasteiger partial charge in [-0.3, -0.25) is 4.79 Å². The van der Waals surface area contributed by atoms with Crippen LogP contribution in [0.1, 0.15) is 21.5 Å². The van der Waals surface area contributed by atoms with E-state index in [1.165, 1.54) is 0 Å². The molecule has 0 saturated carbocycles. The van der Waals surface area contributed by atoms with Crippen LogP contribution < -0.4 is 11.1 Å². The molecule has 0 aliphatic rings. The number of amides is 1. The number of halogens is 1. The molecular formula is C14H14ClN3O. The van der Waals surface area contributed by atoms with Crippen LogP contribution in [0.4, 0.5) is 11.4 Å². The van der Waals surface area contributed by atoms with Crippen LogP contribution in [0.3, 0.4) is 0 Å². The third-order valence-corrected chi connectivity index (χ3v) is 3.03. The van der Waals surface area contributed by atoms with Gasteiger partial charge in [-0.1, -0.05) is 17.7 Å². The zero-order valence-corrected chi connectivity index (χ0v) is 11.5. The molecule has 0 atom stereocenters. The van der Waals surface area contributed by atoms with Crippen molar-refractivity contribution in [2.24, 2.45) is 0 Å². The molecule has 0 radical (unpaired) electrons. The molecule has 19 heavy (non-hydrogen) atoms. The summed E-state index contributed by atoms with van der Waals surface area (Å²) in [7, 11) is 0. The van der Waals surface area contributed by atoms with Crippen LogP contribution in [0.5, 0.6) is 0 Å². The number of hydrogen-bond acceptors (Lipinski definition) is 3. The van der Waals surface area contributed by atoms with Gasteiger partial charge in [0.25, 0.3) is 5.91 Å². The van der Waals surface area contributed by atoms with Gasteiger partial charge in [0, 0.05) is 17.4 Å². The van der Waals surface area contributed by atoms with Crippen LogP contribution in [0.25, 0.3) is 0 Å². The van der Waals surface area contributed by atoms with Crippen molar-refractivity contribution in [1.82, 2.24) is 4.98 Å². The number of nitrogen functional groups attached to an aromatic ring is 1. The van der Waals surface area contributed by atoms with Crippen molar-refractivity contribution in [2.45, 2.75) is 13.8 Å². The largest absolute Gasteiger partial charge is 0.399 e. The number of carbonyl (C=O) groups excluding carboxylic acids is 1. The molecule has 4 nitrogen and oxygen atoms in total. The number of pyridine rings is 1. The number of hydrogen-bond donors (Lipinski definition) is 2. The van der Waals surface area contributed by atoms with Gasteiger partial charge in [-0.05, 0) is 43.2 Å². The monoisotopic (exact) mass is 275 g/mol. The highest BCUT2D eigenvalue weighted by molar-refractivity contribution is 6.32. The zero-order valence-electron chi connectivity index (χ0n) is 10.7.